The molecule has 1 unspecified atom stereocenters. The molecule has 0 spiro atoms. The SMILES string of the molecule is CC1CCCN1C(=O)CCc1cccc(N)c1. The van der Waals surface area contributed by atoms with Gasteiger partial charge in [0.15, 0.2) is 0 Å². The van der Waals surface area contributed by atoms with Gasteiger partial charge in [-0.3, -0.25) is 4.79 Å². The number of rotatable bonds is 3. The summed E-state index contributed by atoms with van der Waals surface area (Å²) < 4.78 is 0. The highest BCUT2D eigenvalue weighted by Crippen LogP contribution is 2.18. The van der Waals surface area contributed by atoms with E-state index in [2.05, 4.69) is 6.92 Å². The highest BCUT2D eigenvalue weighted by atomic mass is 16.2. The first-order valence-electron chi connectivity index (χ1n) is 6.30. The van der Waals surface area contributed by atoms with Gasteiger partial charge in [0.2, 0.25) is 5.91 Å². The van der Waals surface area contributed by atoms with E-state index in [1.165, 1.54) is 0 Å². The van der Waals surface area contributed by atoms with Crippen LogP contribution in [-0.2, 0) is 11.2 Å². The van der Waals surface area contributed by atoms with Crippen LogP contribution in [0.2, 0.25) is 0 Å². The number of nitrogens with two attached hydrogens (primary N) is 1. The molecule has 17 heavy (non-hydrogen) atoms. The van der Waals surface area contributed by atoms with Crippen molar-refractivity contribution in [3.05, 3.63) is 29.8 Å². The van der Waals surface area contributed by atoms with Crippen molar-refractivity contribution in [3.8, 4) is 0 Å². The molecule has 1 aliphatic heterocycles. The molecule has 1 aromatic carbocycles. The predicted molar refractivity (Wildman–Crippen MR) is 69.6 cm³/mol. The third kappa shape index (κ3) is 2.99. The monoisotopic (exact) mass is 232 g/mol. The number of benzene rings is 1. The summed E-state index contributed by atoms with van der Waals surface area (Å²) in [6.45, 7) is 3.06. The average molecular weight is 232 g/mol. The Bertz CT molecular complexity index is 403. The van der Waals surface area contributed by atoms with E-state index < -0.39 is 0 Å². The van der Waals surface area contributed by atoms with E-state index in [1.54, 1.807) is 0 Å². The van der Waals surface area contributed by atoms with Gasteiger partial charge in [0.25, 0.3) is 0 Å². The van der Waals surface area contributed by atoms with Crippen LogP contribution in [0, 0.1) is 0 Å². The normalized spacial score (nSPS) is 19.6. The molecule has 1 heterocycles. The van der Waals surface area contributed by atoms with Crippen LogP contribution in [0.1, 0.15) is 31.7 Å². The van der Waals surface area contributed by atoms with Gasteiger partial charge in [-0.05, 0) is 43.9 Å². The van der Waals surface area contributed by atoms with Gasteiger partial charge in [-0.1, -0.05) is 12.1 Å². The topological polar surface area (TPSA) is 46.3 Å². The quantitative estimate of drug-likeness (QED) is 0.812. The zero-order valence-electron chi connectivity index (χ0n) is 10.4. The number of anilines is 1. The summed E-state index contributed by atoms with van der Waals surface area (Å²) in [6, 6.07) is 8.20. The van der Waals surface area contributed by atoms with Crippen molar-refractivity contribution in [2.24, 2.45) is 0 Å². The first kappa shape index (κ1) is 12.0. The molecule has 0 aliphatic carbocycles. The lowest BCUT2D eigenvalue weighted by Gasteiger charge is -2.21. The number of likely N-dealkylation sites (tertiary alicyclic amines) is 1. The maximum Gasteiger partial charge on any atom is 0.223 e. The number of nitrogens with zero attached hydrogens (tertiary/aromatic N) is 1. The van der Waals surface area contributed by atoms with Crippen molar-refractivity contribution in [3.63, 3.8) is 0 Å². The Hall–Kier alpha value is -1.51. The Kier molecular flexibility index (Phi) is 3.67. The zero-order valence-corrected chi connectivity index (χ0v) is 10.4. The standard InChI is InChI=1S/C14H20N2O/c1-11-4-3-9-16(11)14(17)8-7-12-5-2-6-13(15)10-12/h2,5-6,10-11H,3-4,7-9,15H2,1H3. The van der Waals surface area contributed by atoms with Crippen molar-refractivity contribution in [1.82, 2.24) is 4.90 Å². The molecule has 1 fully saturated rings. The van der Waals surface area contributed by atoms with Crippen LogP contribution in [-0.4, -0.2) is 23.4 Å². The summed E-state index contributed by atoms with van der Waals surface area (Å²) in [5.74, 6) is 0.275. The van der Waals surface area contributed by atoms with Gasteiger partial charge in [0, 0.05) is 24.7 Å². The second-order valence-corrected chi connectivity index (χ2v) is 4.82. The molecule has 1 atom stereocenters. The van der Waals surface area contributed by atoms with Gasteiger partial charge in [0.1, 0.15) is 0 Å². The fourth-order valence-corrected chi connectivity index (χ4v) is 2.45. The molecule has 0 saturated carbocycles. The highest BCUT2D eigenvalue weighted by Gasteiger charge is 2.24. The summed E-state index contributed by atoms with van der Waals surface area (Å²) in [6.07, 6.45) is 3.66. The molecule has 92 valence electrons. The van der Waals surface area contributed by atoms with E-state index in [4.69, 9.17) is 5.73 Å². The summed E-state index contributed by atoms with van der Waals surface area (Å²) >= 11 is 0. The van der Waals surface area contributed by atoms with Crippen molar-refractivity contribution in [2.45, 2.75) is 38.6 Å². The van der Waals surface area contributed by atoms with E-state index in [9.17, 15) is 4.79 Å². The lowest BCUT2D eigenvalue weighted by molar-refractivity contribution is -0.131. The Morgan fingerprint density at radius 2 is 2.35 bits per heavy atom. The van der Waals surface area contributed by atoms with E-state index >= 15 is 0 Å². The van der Waals surface area contributed by atoms with Crippen LogP contribution in [0.25, 0.3) is 0 Å². The second kappa shape index (κ2) is 5.21. The zero-order chi connectivity index (χ0) is 12.3. The fraction of sp³-hybridized carbons (Fsp3) is 0.500. The average Bonchev–Trinajstić information content (AvgIpc) is 2.72. The Balaban J connectivity index is 1.88. The molecule has 0 aromatic heterocycles. The molecule has 2 rings (SSSR count). The van der Waals surface area contributed by atoms with Crippen molar-refractivity contribution >= 4 is 11.6 Å². The summed E-state index contributed by atoms with van der Waals surface area (Å²) in [4.78, 5) is 14.0. The van der Waals surface area contributed by atoms with Gasteiger partial charge < -0.3 is 10.6 Å². The van der Waals surface area contributed by atoms with Crippen LogP contribution < -0.4 is 5.73 Å². The van der Waals surface area contributed by atoms with E-state index in [0.717, 1.165) is 37.1 Å². The number of hydrogen-bond acceptors (Lipinski definition) is 2. The van der Waals surface area contributed by atoms with Gasteiger partial charge in [0.05, 0.1) is 0 Å². The second-order valence-electron chi connectivity index (χ2n) is 4.82. The first-order valence-corrected chi connectivity index (χ1v) is 6.30. The number of hydrogen-bond donors (Lipinski definition) is 1. The van der Waals surface area contributed by atoms with Crippen molar-refractivity contribution < 1.29 is 4.79 Å². The molecule has 1 amide bonds. The predicted octanol–water partition coefficient (Wildman–Crippen LogP) is 2.21. The third-order valence-electron chi connectivity index (χ3n) is 3.45. The highest BCUT2D eigenvalue weighted by molar-refractivity contribution is 5.77. The van der Waals surface area contributed by atoms with E-state index in [-0.39, 0.29) is 5.91 Å². The Morgan fingerprint density at radius 1 is 1.53 bits per heavy atom. The maximum absolute atomic E-state index is 12.0. The minimum atomic E-state index is 0.275. The third-order valence-corrected chi connectivity index (χ3v) is 3.45. The van der Waals surface area contributed by atoms with Crippen LogP contribution in [0.4, 0.5) is 5.69 Å². The minimum Gasteiger partial charge on any atom is -0.399 e. The number of aryl methyl sites for hydroxylation is 1. The van der Waals surface area contributed by atoms with Gasteiger partial charge in [-0.25, -0.2) is 0 Å². The molecule has 1 aliphatic rings. The summed E-state index contributed by atoms with van der Waals surface area (Å²) in [7, 11) is 0. The molecule has 1 aromatic rings. The van der Waals surface area contributed by atoms with Gasteiger partial charge >= 0.3 is 0 Å². The van der Waals surface area contributed by atoms with Crippen molar-refractivity contribution in [1.29, 1.82) is 0 Å². The lowest BCUT2D eigenvalue weighted by Crippen LogP contribution is -2.33. The van der Waals surface area contributed by atoms with Gasteiger partial charge in [-0.15, -0.1) is 0 Å². The van der Waals surface area contributed by atoms with Crippen molar-refractivity contribution in [2.75, 3.05) is 12.3 Å². The van der Waals surface area contributed by atoms with Crippen LogP contribution in [0.5, 0.6) is 0 Å². The van der Waals surface area contributed by atoms with E-state index in [1.807, 2.05) is 29.2 Å². The molecular formula is C14H20N2O. The molecule has 2 N–H and O–H groups in total. The maximum atomic E-state index is 12.0. The minimum absolute atomic E-state index is 0.275. The molecule has 0 bridgehead atoms. The number of amides is 1. The van der Waals surface area contributed by atoms with Crippen LogP contribution in [0.15, 0.2) is 24.3 Å². The molecule has 0 radical (unpaired) electrons. The van der Waals surface area contributed by atoms with Gasteiger partial charge in [-0.2, -0.15) is 0 Å². The molecule has 3 heteroatoms. The number of nitrogen functional groups attached to an aromatic ring is 1. The van der Waals surface area contributed by atoms with Crippen LogP contribution >= 0.6 is 0 Å². The summed E-state index contributed by atoms with van der Waals surface area (Å²) in [5.41, 5.74) is 7.63. The lowest BCUT2D eigenvalue weighted by atomic mass is 10.1. The fourth-order valence-electron chi connectivity index (χ4n) is 2.45. The van der Waals surface area contributed by atoms with E-state index in [0.29, 0.717) is 12.5 Å². The smallest absolute Gasteiger partial charge is 0.223 e. The molecule has 3 nitrogen and oxygen atoms in total. The Labute approximate surface area is 103 Å². The Morgan fingerprint density at radius 3 is 3.00 bits per heavy atom. The number of carbonyl (C=O) groups is 1. The molecular weight excluding hydrogens is 212 g/mol. The largest absolute Gasteiger partial charge is 0.399 e. The molecule has 1 saturated heterocycles. The van der Waals surface area contributed by atoms with Crippen LogP contribution in [0.3, 0.4) is 0 Å². The first-order chi connectivity index (χ1) is 8.16. The summed E-state index contributed by atoms with van der Waals surface area (Å²) in [5, 5.41) is 0. The number of carbonyl (C=O) groups excluding carboxylic acids is 1.